The molecule has 2 aliphatic rings. The van der Waals surface area contributed by atoms with Crippen LogP contribution in [0.2, 0.25) is 0 Å². The quantitative estimate of drug-likeness (QED) is 0.444. The number of carbonyl (C=O) groups excluding carboxylic acids is 2. The van der Waals surface area contributed by atoms with Gasteiger partial charge in [-0.3, -0.25) is 28.5 Å². The van der Waals surface area contributed by atoms with Crippen molar-refractivity contribution in [2.45, 2.75) is 26.2 Å². The van der Waals surface area contributed by atoms with Crippen LogP contribution in [0.15, 0.2) is 28.0 Å². The Hall–Kier alpha value is -3.25. The Morgan fingerprint density at radius 2 is 2.00 bits per heavy atom. The van der Waals surface area contributed by atoms with Gasteiger partial charge >= 0.3 is 5.97 Å². The first-order valence-corrected chi connectivity index (χ1v) is 11.9. The SMILES string of the molecule is Cc1ccc2nc(N3CCC(C(N)=O)CC3)c(/C=C3/SC(=S)N(CCC(=O)O)C3=O)c(=O)n2c1. The average Bonchev–Trinajstić information content (AvgIpc) is 3.06. The largest absolute Gasteiger partial charge is 0.481 e. The first kappa shape index (κ1) is 23.9. The molecular formula is C22H23N5O5S2. The number of carboxylic acid groups (broad SMARTS) is 1. The van der Waals surface area contributed by atoms with Crippen molar-refractivity contribution in [1.82, 2.24) is 14.3 Å². The zero-order valence-corrected chi connectivity index (χ0v) is 20.0. The molecule has 0 aromatic carbocycles. The number of nitrogens with zero attached hydrogens (tertiary/aromatic N) is 4. The van der Waals surface area contributed by atoms with Crippen LogP contribution in [-0.4, -0.2) is 61.1 Å². The number of rotatable bonds is 6. The molecule has 0 saturated carbocycles. The smallest absolute Gasteiger partial charge is 0.305 e. The molecule has 0 spiro atoms. The van der Waals surface area contributed by atoms with E-state index < -0.39 is 11.9 Å². The Bertz CT molecular complexity index is 1300. The third kappa shape index (κ3) is 4.68. The lowest BCUT2D eigenvalue weighted by Crippen LogP contribution is -2.40. The Morgan fingerprint density at radius 1 is 1.29 bits per heavy atom. The van der Waals surface area contributed by atoms with Gasteiger partial charge in [0.15, 0.2) is 0 Å². The summed E-state index contributed by atoms with van der Waals surface area (Å²) in [7, 11) is 0. The molecule has 0 aliphatic carbocycles. The molecule has 2 saturated heterocycles. The highest BCUT2D eigenvalue weighted by Crippen LogP contribution is 2.34. The van der Waals surface area contributed by atoms with E-state index in [2.05, 4.69) is 0 Å². The predicted octanol–water partition coefficient (Wildman–Crippen LogP) is 1.38. The number of hydrogen-bond donors (Lipinski definition) is 2. The molecule has 10 nitrogen and oxygen atoms in total. The van der Waals surface area contributed by atoms with E-state index in [1.165, 1.54) is 15.4 Å². The maximum absolute atomic E-state index is 13.5. The Balaban J connectivity index is 1.77. The summed E-state index contributed by atoms with van der Waals surface area (Å²) >= 11 is 6.29. The van der Waals surface area contributed by atoms with Gasteiger partial charge in [0.2, 0.25) is 5.91 Å². The highest BCUT2D eigenvalue weighted by molar-refractivity contribution is 8.26. The molecule has 2 amide bonds. The molecule has 4 rings (SSSR count). The van der Waals surface area contributed by atoms with Gasteiger partial charge in [0.1, 0.15) is 15.8 Å². The number of pyridine rings is 1. The first-order valence-electron chi connectivity index (χ1n) is 10.7. The Morgan fingerprint density at radius 3 is 2.65 bits per heavy atom. The summed E-state index contributed by atoms with van der Waals surface area (Å²) in [6.45, 7) is 2.80. The second-order valence-corrected chi connectivity index (χ2v) is 9.91. The standard InChI is InChI=1S/C22H23N5O5S2/c1-12-2-3-16-24-19(25-7-4-13(5-8-25)18(23)30)14(20(31)27(16)11-12)10-15-21(32)26(22(33)34-15)9-6-17(28)29/h2-3,10-11,13H,4-9H2,1H3,(H2,23,30)(H,28,29)/b15-10+. The number of nitrogens with two attached hydrogens (primary N) is 1. The molecule has 0 atom stereocenters. The molecule has 34 heavy (non-hydrogen) atoms. The van der Waals surface area contributed by atoms with Gasteiger partial charge in [-0.1, -0.05) is 30.0 Å². The monoisotopic (exact) mass is 501 g/mol. The van der Waals surface area contributed by atoms with Crippen LogP contribution in [-0.2, 0) is 14.4 Å². The number of aryl methyl sites for hydroxylation is 1. The highest BCUT2D eigenvalue weighted by Gasteiger charge is 2.33. The van der Waals surface area contributed by atoms with Crippen LogP contribution in [0, 0.1) is 12.8 Å². The molecule has 178 valence electrons. The minimum absolute atomic E-state index is 0.0427. The fraction of sp³-hybridized carbons (Fsp3) is 0.364. The van der Waals surface area contributed by atoms with Gasteiger partial charge in [0.05, 0.1) is 16.9 Å². The number of thioether (sulfide) groups is 1. The van der Waals surface area contributed by atoms with Gasteiger partial charge in [-0.15, -0.1) is 0 Å². The molecule has 2 aliphatic heterocycles. The number of fused-ring (bicyclic) bond motifs is 1. The van der Waals surface area contributed by atoms with E-state index in [-0.39, 0.29) is 45.1 Å². The zero-order chi connectivity index (χ0) is 24.6. The Labute approximate surface area is 204 Å². The van der Waals surface area contributed by atoms with Crippen molar-refractivity contribution in [2.75, 3.05) is 24.5 Å². The summed E-state index contributed by atoms with van der Waals surface area (Å²) in [5, 5.41) is 8.95. The van der Waals surface area contributed by atoms with Crippen molar-refractivity contribution < 1.29 is 19.5 Å². The minimum Gasteiger partial charge on any atom is -0.481 e. The number of thiocarbonyl (C=S) groups is 1. The van der Waals surface area contributed by atoms with E-state index in [0.29, 0.717) is 37.4 Å². The third-order valence-electron chi connectivity index (χ3n) is 5.88. The number of primary amides is 1. The average molecular weight is 502 g/mol. The molecule has 2 aromatic heterocycles. The molecule has 0 radical (unpaired) electrons. The zero-order valence-electron chi connectivity index (χ0n) is 18.4. The number of amides is 2. The van der Waals surface area contributed by atoms with Gasteiger partial charge in [0.25, 0.3) is 11.5 Å². The maximum atomic E-state index is 13.5. The highest BCUT2D eigenvalue weighted by atomic mass is 32.2. The number of aromatic nitrogens is 2. The van der Waals surface area contributed by atoms with E-state index in [1.807, 2.05) is 17.9 Å². The number of hydrogen-bond acceptors (Lipinski definition) is 8. The second kappa shape index (κ2) is 9.55. The topological polar surface area (TPSA) is 138 Å². The molecule has 2 fully saturated rings. The molecule has 12 heteroatoms. The number of piperidine rings is 1. The van der Waals surface area contributed by atoms with Crippen molar-refractivity contribution >= 4 is 63.6 Å². The molecular weight excluding hydrogens is 478 g/mol. The van der Waals surface area contributed by atoms with Crippen molar-refractivity contribution in [1.29, 1.82) is 0 Å². The lowest BCUT2D eigenvalue weighted by molar-refractivity contribution is -0.137. The summed E-state index contributed by atoms with van der Waals surface area (Å²) < 4.78 is 1.68. The molecule has 3 N–H and O–H groups in total. The van der Waals surface area contributed by atoms with Crippen LogP contribution in [0.25, 0.3) is 11.7 Å². The normalized spacial score (nSPS) is 18.3. The van der Waals surface area contributed by atoms with E-state index in [1.54, 1.807) is 12.3 Å². The molecule has 4 heterocycles. The fourth-order valence-corrected chi connectivity index (χ4v) is 5.31. The van der Waals surface area contributed by atoms with Crippen molar-refractivity contribution in [3.8, 4) is 0 Å². The minimum atomic E-state index is -1.04. The van der Waals surface area contributed by atoms with Crippen LogP contribution < -0.4 is 16.2 Å². The summed E-state index contributed by atoms with van der Waals surface area (Å²) in [5.41, 5.74) is 6.70. The first-order chi connectivity index (χ1) is 16.2. The lowest BCUT2D eigenvalue weighted by Gasteiger charge is -2.32. The van der Waals surface area contributed by atoms with E-state index >= 15 is 0 Å². The summed E-state index contributed by atoms with van der Waals surface area (Å²) in [5.74, 6) is -1.62. The van der Waals surface area contributed by atoms with Crippen molar-refractivity contribution in [3.05, 3.63) is 44.7 Å². The predicted molar refractivity (Wildman–Crippen MR) is 132 cm³/mol. The molecule has 2 aromatic rings. The second-order valence-electron chi connectivity index (χ2n) is 8.23. The van der Waals surface area contributed by atoms with Crippen molar-refractivity contribution in [2.24, 2.45) is 11.7 Å². The van der Waals surface area contributed by atoms with Gasteiger partial charge < -0.3 is 15.7 Å². The molecule has 0 unspecified atom stereocenters. The van der Waals surface area contributed by atoms with E-state index in [9.17, 15) is 19.2 Å². The number of anilines is 1. The van der Waals surface area contributed by atoms with Gasteiger partial charge in [0, 0.05) is 31.7 Å². The van der Waals surface area contributed by atoms with Crippen LogP contribution in [0.3, 0.4) is 0 Å². The summed E-state index contributed by atoms with van der Waals surface area (Å²) in [6, 6.07) is 3.61. The van der Waals surface area contributed by atoms with Crippen molar-refractivity contribution in [3.63, 3.8) is 0 Å². The summed E-state index contributed by atoms with van der Waals surface area (Å²) in [4.78, 5) is 57.1. The summed E-state index contributed by atoms with van der Waals surface area (Å²) in [6.07, 6.45) is 4.02. The third-order valence-corrected chi connectivity index (χ3v) is 7.26. The van der Waals surface area contributed by atoms with Crippen LogP contribution in [0.1, 0.15) is 30.4 Å². The van der Waals surface area contributed by atoms with E-state index in [0.717, 1.165) is 17.3 Å². The lowest BCUT2D eigenvalue weighted by atomic mass is 9.96. The van der Waals surface area contributed by atoms with E-state index in [4.69, 9.17) is 28.0 Å². The number of aliphatic carboxylic acids is 1. The Kier molecular flexibility index (Phi) is 6.71. The molecule has 0 bridgehead atoms. The van der Waals surface area contributed by atoms with Gasteiger partial charge in [-0.25, -0.2) is 4.98 Å². The van der Waals surface area contributed by atoms with Gasteiger partial charge in [-0.2, -0.15) is 0 Å². The fourth-order valence-electron chi connectivity index (χ4n) is 4.02. The maximum Gasteiger partial charge on any atom is 0.305 e. The number of carboxylic acids is 1. The van der Waals surface area contributed by atoms with Gasteiger partial charge in [-0.05, 0) is 37.5 Å². The van der Waals surface area contributed by atoms with Crippen LogP contribution in [0.5, 0.6) is 0 Å². The number of carbonyl (C=O) groups is 3. The van der Waals surface area contributed by atoms with Crippen LogP contribution in [0.4, 0.5) is 5.82 Å². The van der Waals surface area contributed by atoms with Crippen LogP contribution >= 0.6 is 24.0 Å².